The number of nitrogens with zero attached hydrogens (tertiary/aromatic N) is 3. The number of halogens is 1. The van der Waals surface area contributed by atoms with Crippen LogP contribution < -0.4 is 10.2 Å². The van der Waals surface area contributed by atoms with Crippen LogP contribution in [0.1, 0.15) is 41.6 Å². The van der Waals surface area contributed by atoms with Gasteiger partial charge < -0.3 is 15.4 Å². The number of carbonyl (C=O) groups is 2. The minimum absolute atomic E-state index is 0.124. The van der Waals surface area contributed by atoms with Crippen molar-refractivity contribution in [1.29, 1.82) is 0 Å². The molecule has 8 nitrogen and oxygen atoms in total. The fraction of sp³-hybridized carbons (Fsp3) is 0.364. The second kappa shape index (κ2) is 8.71. The van der Waals surface area contributed by atoms with Gasteiger partial charge in [0.05, 0.1) is 0 Å². The predicted molar refractivity (Wildman–Crippen MR) is 111 cm³/mol. The lowest BCUT2D eigenvalue weighted by molar-refractivity contribution is -0.782. The Morgan fingerprint density at radius 3 is 2.97 bits per heavy atom. The molecular formula is C22H23FN4O4. The lowest BCUT2D eigenvalue weighted by atomic mass is 9.92. The maximum absolute atomic E-state index is 13.2. The van der Waals surface area contributed by atoms with E-state index in [4.69, 9.17) is 0 Å². The number of aryl methyl sites for hydroxylation is 1. The average molecular weight is 426 g/mol. The Morgan fingerprint density at radius 1 is 1.32 bits per heavy atom. The SMILES string of the molecule is Cc1cc(F)ccc1NC(=O)CC[C@@H]1CCCN(C(=O)c2ccc3c(c2)no[n+]3[O-])C1. The van der Waals surface area contributed by atoms with E-state index in [1.54, 1.807) is 30.0 Å². The minimum atomic E-state index is -0.336. The maximum atomic E-state index is 13.2. The second-order valence-corrected chi connectivity index (χ2v) is 7.94. The lowest BCUT2D eigenvalue weighted by Crippen LogP contribution is -2.40. The van der Waals surface area contributed by atoms with Crippen LogP contribution in [-0.2, 0) is 4.79 Å². The van der Waals surface area contributed by atoms with Gasteiger partial charge in [-0.2, -0.15) is 0 Å². The summed E-state index contributed by atoms with van der Waals surface area (Å²) in [4.78, 5) is 27.3. The molecule has 2 aromatic carbocycles. The summed E-state index contributed by atoms with van der Waals surface area (Å²) in [6, 6.07) is 8.93. The van der Waals surface area contributed by atoms with E-state index in [1.165, 1.54) is 18.2 Å². The summed E-state index contributed by atoms with van der Waals surface area (Å²) >= 11 is 0. The van der Waals surface area contributed by atoms with E-state index in [2.05, 4.69) is 15.1 Å². The molecule has 1 aliphatic rings. The summed E-state index contributed by atoms with van der Waals surface area (Å²) in [5.41, 5.74) is 2.34. The number of amides is 2. The quantitative estimate of drug-likeness (QED) is 0.632. The van der Waals surface area contributed by atoms with Crippen LogP contribution in [0.3, 0.4) is 0 Å². The first-order valence-corrected chi connectivity index (χ1v) is 10.3. The molecule has 0 unspecified atom stereocenters. The molecule has 1 saturated heterocycles. The molecule has 31 heavy (non-hydrogen) atoms. The number of hydrogen-bond donors (Lipinski definition) is 1. The number of likely N-dealkylation sites (tertiary alicyclic amines) is 1. The van der Waals surface area contributed by atoms with Crippen molar-refractivity contribution < 1.29 is 23.5 Å². The molecule has 2 amide bonds. The van der Waals surface area contributed by atoms with Crippen molar-refractivity contribution >= 4 is 28.5 Å². The number of nitrogens with one attached hydrogen (secondary N) is 1. The van der Waals surface area contributed by atoms with E-state index in [9.17, 15) is 19.2 Å². The largest absolute Gasteiger partial charge is 0.359 e. The Kier molecular flexibility index (Phi) is 5.83. The highest BCUT2D eigenvalue weighted by Crippen LogP contribution is 2.24. The standard InChI is InChI=1S/C22H23FN4O4/c1-14-11-17(23)6-7-18(14)24-21(28)9-4-15-3-2-10-26(13-15)22(29)16-5-8-20-19(12-16)25-31-27(20)30/h5-8,11-12,15H,2-4,9-10,13H2,1H3,(H,24,28)/t15-/m0/s1. The van der Waals surface area contributed by atoms with Gasteiger partial charge in [-0.15, -0.1) is 0 Å². The van der Waals surface area contributed by atoms with Crippen molar-refractivity contribution in [3.8, 4) is 0 Å². The van der Waals surface area contributed by atoms with E-state index in [0.29, 0.717) is 53.2 Å². The van der Waals surface area contributed by atoms with Gasteiger partial charge in [-0.05, 0) is 72.9 Å². The molecule has 0 aliphatic carbocycles. The van der Waals surface area contributed by atoms with Gasteiger partial charge in [0.2, 0.25) is 16.9 Å². The number of piperidine rings is 1. The van der Waals surface area contributed by atoms with Gasteiger partial charge in [-0.3, -0.25) is 14.2 Å². The van der Waals surface area contributed by atoms with E-state index < -0.39 is 0 Å². The van der Waals surface area contributed by atoms with Crippen molar-refractivity contribution in [3.05, 3.63) is 58.5 Å². The molecule has 1 aromatic heterocycles. The third-order valence-corrected chi connectivity index (χ3v) is 5.68. The number of hydrogen-bond acceptors (Lipinski definition) is 5. The number of anilines is 1. The predicted octanol–water partition coefficient (Wildman–Crippen LogP) is 3.18. The van der Waals surface area contributed by atoms with Gasteiger partial charge in [0.1, 0.15) is 5.82 Å². The van der Waals surface area contributed by atoms with E-state index >= 15 is 0 Å². The second-order valence-electron chi connectivity index (χ2n) is 7.94. The minimum Gasteiger partial charge on any atom is -0.359 e. The van der Waals surface area contributed by atoms with E-state index in [1.807, 2.05) is 0 Å². The van der Waals surface area contributed by atoms with Crippen molar-refractivity contribution in [2.24, 2.45) is 5.92 Å². The Morgan fingerprint density at radius 2 is 2.16 bits per heavy atom. The van der Waals surface area contributed by atoms with Crippen LogP contribution in [0.15, 0.2) is 41.0 Å². The van der Waals surface area contributed by atoms with Gasteiger partial charge in [0, 0.05) is 42.0 Å². The van der Waals surface area contributed by atoms with Gasteiger partial charge >= 0.3 is 0 Å². The molecule has 0 spiro atoms. The van der Waals surface area contributed by atoms with Crippen LogP contribution in [0.5, 0.6) is 0 Å². The van der Waals surface area contributed by atoms with E-state index in [-0.39, 0.29) is 29.1 Å². The van der Waals surface area contributed by atoms with Crippen LogP contribution in [0, 0.1) is 23.9 Å². The Hall–Kier alpha value is -3.49. The molecule has 9 heteroatoms. The topological polar surface area (TPSA) is 102 Å². The summed E-state index contributed by atoms with van der Waals surface area (Å²) in [7, 11) is 0. The monoisotopic (exact) mass is 426 g/mol. The smallest absolute Gasteiger partial charge is 0.254 e. The molecule has 3 aromatic rings. The van der Waals surface area contributed by atoms with Gasteiger partial charge in [0.25, 0.3) is 5.91 Å². The first kappa shape index (κ1) is 20.8. The number of benzene rings is 2. The molecule has 2 heterocycles. The summed E-state index contributed by atoms with van der Waals surface area (Å²) in [5, 5.41) is 17.9. The summed E-state index contributed by atoms with van der Waals surface area (Å²) in [6.45, 7) is 2.96. The van der Waals surface area contributed by atoms with Crippen molar-refractivity contribution in [3.63, 3.8) is 0 Å². The molecule has 0 bridgehead atoms. The molecule has 0 radical (unpaired) electrons. The Balaban J connectivity index is 1.33. The van der Waals surface area contributed by atoms with Crippen LogP contribution >= 0.6 is 0 Å². The number of fused-ring (bicyclic) bond motifs is 1. The summed E-state index contributed by atoms with van der Waals surface area (Å²) in [5.74, 6) is -0.367. The van der Waals surface area contributed by atoms with Gasteiger partial charge in [-0.1, -0.05) is 0 Å². The molecule has 1 aliphatic heterocycles. The third kappa shape index (κ3) is 4.65. The highest BCUT2D eigenvalue weighted by atomic mass is 19.1. The van der Waals surface area contributed by atoms with E-state index in [0.717, 1.165) is 12.8 Å². The van der Waals surface area contributed by atoms with Crippen molar-refractivity contribution in [1.82, 2.24) is 10.1 Å². The fourth-order valence-electron chi connectivity index (χ4n) is 3.99. The van der Waals surface area contributed by atoms with Gasteiger partial charge in [0.15, 0.2) is 0 Å². The normalized spacial score (nSPS) is 16.5. The van der Waals surface area contributed by atoms with Crippen molar-refractivity contribution in [2.75, 3.05) is 18.4 Å². The highest BCUT2D eigenvalue weighted by Gasteiger charge is 2.26. The first-order chi connectivity index (χ1) is 14.9. The van der Waals surface area contributed by atoms with Crippen molar-refractivity contribution in [2.45, 2.75) is 32.6 Å². The molecule has 0 saturated carbocycles. The molecule has 1 fully saturated rings. The molecule has 1 N–H and O–H groups in total. The molecule has 4 rings (SSSR count). The molecular weight excluding hydrogens is 403 g/mol. The average Bonchev–Trinajstić information content (AvgIpc) is 3.14. The zero-order valence-electron chi connectivity index (χ0n) is 17.1. The summed E-state index contributed by atoms with van der Waals surface area (Å²) in [6.07, 6.45) is 2.80. The van der Waals surface area contributed by atoms with Crippen LogP contribution in [0.2, 0.25) is 0 Å². The van der Waals surface area contributed by atoms with Crippen LogP contribution in [0.4, 0.5) is 10.1 Å². The number of aromatic nitrogens is 2. The fourth-order valence-corrected chi connectivity index (χ4v) is 3.99. The van der Waals surface area contributed by atoms with Crippen LogP contribution in [-0.4, -0.2) is 35.0 Å². The highest BCUT2D eigenvalue weighted by molar-refractivity contribution is 5.97. The van der Waals surface area contributed by atoms with Crippen LogP contribution in [0.25, 0.3) is 11.0 Å². The Bertz CT molecular complexity index is 1130. The van der Waals surface area contributed by atoms with Gasteiger partial charge in [-0.25, -0.2) is 4.39 Å². The first-order valence-electron chi connectivity index (χ1n) is 10.3. The molecule has 162 valence electrons. The summed E-state index contributed by atoms with van der Waals surface area (Å²) < 4.78 is 17.8. The lowest BCUT2D eigenvalue weighted by Gasteiger charge is -2.32. The number of rotatable bonds is 5. The maximum Gasteiger partial charge on any atom is 0.254 e. The molecule has 1 atom stereocenters. The zero-order chi connectivity index (χ0) is 22.0. The zero-order valence-corrected chi connectivity index (χ0v) is 17.1. The third-order valence-electron chi connectivity index (χ3n) is 5.68. The number of carbonyl (C=O) groups excluding carboxylic acids is 2. The Labute approximate surface area is 178 Å².